The number of halogens is 3. The van der Waals surface area contributed by atoms with Crippen LogP contribution in [0, 0.1) is 11.3 Å². The molecule has 1 aromatic rings. The van der Waals surface area contributed by atoms with Crippen LogP contribution in [0.25, 0.3) is 0 Å². The van der Waals surface area contributed by atoms with E-state index in [1.165, 1.54) is 6.20 Å². The van der Waals surface area contributed by atoms with E-state index in [1.54, 1.807) is 7.11 Å². The van der Waals surface area contributed by atoms with Gasteiger partial charge in [0.15, 0.2) is 0 Å². The molecule has 0 bridgehead atoms. The molecule has 2 aliphatic heterocycles. The molecule has 2 saturated heterocycles. The molecular formula is C25H37F3N4O3. The second-order valence-electron chi connectivity index (χ2n) is 10.4. The van der Waals surface area contributed by atoms with Gasteiger partial charge in [-0.1, -0.05) is 13.8 Å². The van der Waals surface area contributed by atoms with Crippen LogP contribution in [-0.2, 0) is 20.4 Å². The number of aromatic nitrogens is 1. The van der Waals surface area contributed by atoms with Crippen LogP contribution < -0.4 is 10.2 Å². The SMILES string of the molecule is COC1COCCC1NC1CC[C@@](C(=O)N2CCN(c3cncc(C(F)(F)F)c3)CC2)(C(C)C)C1. The molecule has 0 radical (unpaired) electrons. The molecule has 1 aromatic heterocycles. The van der Waals surface area contributed by atoms with Crippen LogP contribution in [0.1, 0.15) is 45.1 Å². The van der Waals surface area contributed by atoms with Gasteiger partial charge in [0.05, 0.1) is 35.6 Å². The Morgan fingerprint density at radius 1 is 1.23 bits per heavy atom. The summed E-state index contributed by atoms with van der Waals surface area (Å²) in [5.74, 6) is 0.370. The van der Waals surface area contributed by atoms with Gasteiger partial charge in [-0.3, -0.25) is 9.78 Å². The van der Waals surface area contributed by atoms with Gasteiger partial charge in [-0.15, -0.1) is 0 Å². The van der Waals surface area contributed by atoms with Crippen LogP contribution in [0.4, 0.5) is 18.9 Å². The van der Waals surface area contributed by atoms with Gasteiger partial charge in [-0.25, -0.2) is 0 Å². The highest BCUT2D eigenvalue weighted by molar-refractivity contribution is 5.84. The first kappa shape index (κ1) is 26.2. The van der Waals surface area contributed by atoms with Crippen molar-refractivity contribution >= 4 is 11.6 Å². The number of amides is 1. The number of carbonyl (C=O) groups is 1. The molecule has 3 aliphatic rings. The number of rotatable bonds is 6. The van der Waals surface area contributed by atoms with Crippen molar-refractivity contribution in [3.8, 4) is 0 Å². The number of piperazine rings is 1. The molecule has 3 heterocycles. The zero-order valence-electron chi connectivity index (χ0n) is 20.8. The van der Waals surface area contributed by atoms with E-state index >= 15 is 0 Å². The lowest BCUT2D eigenvalue weighted by molar-refractivity contribution is -0.145. The van der Waals surface area contributed by atoms with E-state index in [0.29, 0.717) is 45.1 Å². The summed E-state index contributed by atoms with van der Waals surface area (Å²) in [6.07, 6.45) is 1.35. The average molecular weight is 499 g/mol. The second-order valence-corrected chi connectivity index (χ2v) is 10.4. The molecule has 4 rings (SSSR count). The van der Waals surface area contributed by atoms with Gasteiger partial charge in [0.1, 0.15) is 0 Å². The molecule has 1 saturated carbocycles. The van der Waals surface area contributed by atoms with Crippen molar-refractivity contribution in [1.29, 1.82) is 0 Å². The monoisotopic (exact) mass is 498 g/mol. The minimum atomic E-state index is -4.43. The first-order valence-electron chi connectivity index (χ1n) is 12.6. The zero-order chi connectivity index (χ0) is 25.2. The number of nitrogens with zero attached hydrogens (tertiary/aromatic N) is 3. The van der Waals surface area contributed by atoms with Crippen LogP contribution in [0.5, 0.6) is 0 Å². The van der Waals surface area contributed by atoms with Crippen molar-refractivity contribution in [2.75, 3.05) is 51.4 Å². The highest BCUT2D eigenvalue weighted by atomic mass is 19.4. The van der Waals surface area contributed by atoms with Gasteiger partial charge < -0.3 is 24.6 Å². The smallest absolute Gasteiger partial charge is 0.379 e. The lowest BCUT2D eigenvalue weighted by Crippen LogP contribution is -2.55. The Morgan fingerprint density at radius 2 is 1.97 bits per heavy atom. The quantitative estimate of drug-likeness (QED) is 0.649. The molecule has 1 N–H and O–H groups in total. The lowest BCUT2D eigenvalue weighted by Gasteiger charge is -2.42. The average Bonchev–Trinajstić information content (AvgIpc) is 3.29. The number of nitrogens with one attached hydrogen (secondary N) is 1. The van der Waals surface area contributed by atoms with Crippen molar-refractivity contribution in [3.05, 3.63) is 24.0 Å². The molecule has 0 aromatic carbocycles. The highest BCUT2D eigenvalue weighted by Crippen LogP contribution is 2.46. The molecule has 10 heteroatoms. The summed E-state index contributed by atoms with van der Waals surface area (Å²) in [7, 11) is 1.71. The largest absolute Gasteiger partial charge is 0.417 e. The summed E-state index contributed by atoms with van der Waals surface area (Å²) in [6, 6.07) is 1.61. The Labute approximate surface area is 205 Å². The number of hydrogen-bond donors (Lipinski definition) is 1. The van der Waals surface area contributed by atoms with Gasteiger partial charge in [-0.2, -0.15) is 13.2 Å². The van der Waals surface area contributed by atoms with Crippen LogP contribution in [0.3, 0.4) is 0 Å². The number of pyridine rings is 1. The number of hydrogen-bond acceptors (Lipinski definition) is 6. The molecule has 0 spiro atoms. The Kier molecular flexibility index (Phi) is 7.92. The third-order valence-corrected chi connectivity index (χ3v) is 8.12. The number of methoxy groups -OCH3 is 1. The fourth-order valence-corrected chi connectivity index (χ4v) is 5.86. The molecule has 7 nitrogen and oxygen atoms in total. The van der Waals surface area contributed by atoms with Crippen molar-refractivity contribution in [2.45, 2.75) is 63.9 Å². The zero-order valence-corrected chi connectivity index (χ0v) is 20.8. The van der Waals surface area contributed by atoms with Gasteiger partial charge in [-0.05, 0) is 37.7 Å². The number of alkyl halides is 3. The Hall–Kier alpha value is -1.91. The van der Waals surface area contributed by atoms with Gasteiger partial charge in [0.25, 0.3) is 0 Å². The fraction of sp³-hybridized carbons (Fsp3) is 0.760. The number of ether oxygens (including phenoxy) is 2. The summed E-state index contributed by atoms with van der Waals surface area (Å²) in [5, 5.41) is 3.75. The molecule has 1 amide bonds. The van der Waals surface area contributed by atoms with Crippen molar-refractivity contribution in [3.63, 3.8) is 0 Å². The third kappa shape index (κ3) is 5.59. The normalized spacial score (nSPS) is 30.2. The van der Waals surface area contributed by atoms with Crippen molar-refractivity contribution in [2.24, 2.45) is 11.3 Å². The first-order valence-corrected chi connectivity index (χ1v) is 12.6. The standard InChI is InChI=1S/C25H37F3N4O3/c1-17(2)24(6-4-19(13-24)30-21-5-11-35-16-22(21)34-3)23(33)32-9-7-31(8-10-32)20-12-18(14-29-15-20)25(26,27)28/h12,14-15,17,19,21-22,30H,4-11,13,16H2,1-3H3/t19?,21?,22?,24-/m0/s1. The van der Waals surface area contributed by atoms with Crippen LogP contribution >= 0.6 is 0 Å². The molecule has 4 atom stereocenters. The Balaban J connectivity index is 1.38. The Morgan fingerprint density at radius 3 is 2.63 bits per heavy atom. The molecule has 196 valence electrons. The third-order valence-electron chi connectivity index (χ3n) is 8.12. The minimum absolute atomic E-state index is 0.0203. The summed E-state index contributed by atoms with van der Waals surface area (Å²) in [5.41, 5.74) is -0.734. The van der Waals surface area contributed by atoms with E-state index in [2.05, 4.69) is 24.1 Å². The van der Waals surface area contributed by atoms with Crippen LogP contribution in [0.15, 0.2) is 18.5 Å². The van der Waals surface area contributed by atoms with E-state index < -0.39 is 17.2 Å². The van der Waals surface area contributed by atoms with E-state index in [9.17, 15) is 18.0 Å². The minimum Gasteiger partial charge on any atom is -0.379 e. The van der Waals surface area contributed by atoms with Gasteiger partial charge in [0.2, 0.25) is 5.91 Å². The van der Waals surface area contributed by atoms with Crippen LogP contribution in [0.2, 0.25) is 0 Å². The molecule has 3 fully saturated rings. The van der Waals surface area contributed by atoms with Gasteiger partial charge in [0, 0.05) is 58.2 Å². The summed E-state index contributed by atoms with van der Waals surface area (Å²) < 4.78 is 50.4. The maximum Gasteiger partial charge on any atom is 0.417 e. The van der Waals surface area contributed by atoms with Crippen molar-refractivity contribution in [1.82, 2.24) is 15.2 Å². The lowest BCUT2D eigenvalue weighted by atomic mass is 9.74. The summed E-state index contributed by atoms with van der Waals surface area (Å²) >= 11 is 0. The molecule has 3 unspecified atom stereocenters. The van der Waals surface area contributed by atoms with Crippen LogP contribution in [-0.4, -0.2) is 80.5 Å². The summed E-state index contributed by atoms with van der Waals surface area (Å²) in [4.78, 5) is 21.4. The highest BCUT2D eigenvalue weighted by Gasteiger charge is 2.50. The van der Waals surface area contributed by atoms with Crippen molar-refractivity contribution < 1.29 is 27.4 Å². The first-order chi connectivity index (χ1) is 16.6. The maximum absolute atomic E-state index is 13.8. The predicted octanol–water partition coefficient (Wildman–Crippen LogP) is 3.34. The Bertz CT molecular complexity index is 876. The topological polar surface area (TPSA) is 66.9 Å². The maximum atomic E-state index is 13.8. The second kappa shape index (κ2) is 10.6. The summed E-state index contributed by atoms with van der Waals surface area (Å²) in [6.45, 7) is 7.50. The molecule has 35 heavy (non-hydrogen) atoms. The van der Waals surface area contributed by atoms with E-state index in [-0.39, 0.29) is 30.0 Å². The van der Waals surface area contributed by atoms with Gasteiger partial charge >= 0.3 is 6.18 Å². The van der Waals surface area contributed by atoms with E-state index in [1.807, 2.05) is 9.80 Å². The molecular weight excluding hydrogens is 461 g/mol. The van der Waals surface area contributed by atoms with E-state index in [0.717, 1.165) is 37.9 Å². The number of carbonyl (C=O) groups excluding carboxylic acids is 1. The predicted molar refractivity (Wildman–Crippen MR) is 126 cm³/mol. The fourth-order valence-electron chi connectivity index (χ4n) is 5.86. The molecule has 1 aliphatic carbocycles. The van der Waals surface area contributed by atoms with E-state index in [4.69, 9.17) is 9.47 Å². The number of anilines is 1.